The number of aliphatic hydroxyl groups is 1. The van der Waals surface area contributed by atoms with E-state index in [1.54, 1.807) is 0 Å². The number of nitrogens with zero attached hydrogens (tertiary/aromatic N) is 4. The van der Waals surface area contributed by atoms with Crippen LogP contribution in [0.1, 0.15) is 0 Å². The molecule has 1 aliphatic heterocycles. The number of benzene rings is 1. The Labute approximate surface area is 124 Å². The van der Waals surface area contributed by atoms with Crippen molar-refractivity contribution in [1.82, 2.24) is 15.1 Å². The van der Waals surface area contributed by atoms with Crippen molar-refractivity contribution in [2.24, 2.45) is 0 Å². The molecule has 0 aliphatic carbocycles. The molecule has 0 unspecified atom stereocenters. The molecular formula is C16H20N4O. The predicted octanol–water partition coefficient (Wildman–Crippen LogP) is 1.26. The van der Waals surface area contributed by atoms with Crippen LogP contribution in [-0.2, 0) is 0 Å². The van der Waals surface area contributed by atoms with E-state index in [0.29, 0.717) is 0 Å². The van der Waals surface area contributed by atoms with Crippen LogP contribution in [0, 0.1) is 0 Å². The van der Waals surface area contributed by atoms with Crippen molar-refractivity contribution < 1.29 is 5.11 Å². The number of piperazine rings is 1. The van der Waals surface area contributed by atoms with Crippen molar-refractivity contribution in [2.75, 3.05) is 44.2 Å². The summed E-state index contributed by atoms with van der Waals surface area (Å²) in [6.45, 7) is 4.77. The second-order valence-electron chi connectivity index (χ2n) is 5.20. The van der Waals surface area contributed by atoms with E-state index in [9.17, 15) is 0 Å². The summed E-state index contributed by atoms with van der Waals surface area (Å²) >= 11 is 0. The van der Waals surface area contributed by atoms with Crippen molar-refractivity contribution in [1.29, 1.82) is 0 Å². The molecule has 1 N–H and O–H groups in total. The quantitative estimate of drug-likeness (QED) is 0.916. The fraction of sp³-hybridized carbons (Fsp3) is 0.375. The van der Waals surface area contributed by atoms with Gasteiger partial charge in [0, 0.05) is 38.3 Å². The third-order valence-corrected chi connectivity index (χ3v) is 3.83. The molecule has 0 bridgehead atoms. The molecule has 0 radical (unpaired) electrons. The van der Waals surface area contributed by atoms with Crippen molar-refractivity contribution in [3.63, 3.8) is 0 Å². The number of aromatic nitrogens is 2. The summed E-state index contributed by atoms with van der Waals surface area (Å²) in [5.74, 6) is 0.929. The van der Waals surface area contributed by atoms with Crippen molar-refractivity contribution in [3.8, 4) is 11.3 Å². The summed E-state index contributed by atoms with van der Waals surface area (Å²) in [7, 11) is 0. The molecule has 1 aliphatic rings. The minimum Gasteiger partial charge on any atom is -0.395 e. The van der Waals surface area contributed by atoms with E-state index < -0.39 is 0 Å². The standard InChI is InChI=1S/C16H20N4O/c21-13-12-19-8-10-20(11-9-19)16-7-6-15(17-18-16)14-4-2-1-3-5-14/h1-7,21H,8-13H2. The molecule has 1 saturated heterocycles. The second-order valence-corrected chi connectivity index (χ2v) is 5.20. The third kappa shape index (κ3) is 3.37. The average molecular weight is 284 g/mol. The molecule has 1 aromatic heterocycles. The molecule has 0 spiro atoms. The van der Waals surface area contributed by atoms with Crippen molar-refractivity contribution >= 4 is 5.82 Å². The third-order valence-electron chi connectivity index (χ3n) is 3.83. The van der Waals surface area contributed by atoms with Gasteiger partial charge in [-0.25, -0.2) is 0 Å². The van der Waals surface area contributed by atoms with Gasteiger partial charge in [-0.05, 0) is 12.1 Å². The van der Waals surface area contributed by atoms with E-state index in [1.165, 1.54) is 0 Å². The highest BCUT2D eigenvalue weighted by Crippen LogP contribution is 2.18. The maximum absolute atomic E-state index is 8.96. The van der Waals surface area contributed by atoms with Crippen molar-refractivity contribution in [3.05, 3.63) is 42.5 Å². The van der Waals surface area contributed by atoms with Crippen LogP contribution in [0.4, 0.5) is 5.82 Å². The Morgan fingerprint density at radius 1 is 0.905 bits per heavy atom. The number of anilines is 1. The molecule has 2 heterocycles. The van der Waals surface area contributed by atoms with E-state index in [2.05, 4.69) is 20.0 Å². The van der Waals surface area contributed by atoms with Gasteiger partial charge in [0.1, 0.15) is 0 Å². The van der Waals surface area contributed by atoms with Gasteiger partial charge in [0.25, 0.3) is 0 Å². The fourth-order valence-electron chi connectivity index (χ4n) is 2.60. The van der Waals surface area contributed by atoms with Gasteiger partial charge in [-0.15, -0.1) is 10.2 Å². The van der Waals surface area contributed by atoms with Gasteiger partial charge < -0.3 is 10.0 Å². The Morgan fingerprint density at radius 3 is 2.29 bits per heavy atom. The molecule has 0 saturated carbocycles. The summed E-state index contributed by atoms with van der Waals surface area (Å²) < 4.78 is 0. The van der Waals surface area contributed by atoms with Gasteiger partial charge in [-0.1, -0.05) is 30.3 Å². The largest absolute Gasteiger partial charge is 0.395 e. The van der Waals surface area contributed by atoms with Crippen LogP contribution in [-0.4, -0.2) is 59.5 Å². The topological polar surface area (TPSA) is 52.5 Å². The van der Waals surface area contributed by atoms with E-state index in [0.717, 1.165) is 49.8 Å². The van der Waals surface area contributed by atoms with Crippen LogP contribution >= 0.6 is 0 Å². The maximum Gasteiger partial charge on any atom is 0.151 e. The zero-order valence-corrected chi connectivity index (χ0v) is 12.0. The highest BCUT2D eigenvalue weighted by atomic mass is 16.3. The van der Waals surface area contributed by atoms with Gasteiger partial charge in [0.15, 0.2) is 5.82 Å². The maximum atomic E-state index is 8.96. The molecule has 5 heteroatoms. The molecule has 21 heavy (non-hydrogen) atoms. The van der Waals surface area contributed by atoms with Gasteiger partial charge in [0.2, 0.25) is 0 Å². The number of hydrogen-bond donors (Lipinski definition) is 1. The summed E-state index contributed by atoms with van der Waals surface area (Å²) in [4.78, 5) is 4.51. The smallest absolute Gasteiger partial charge is 0.151 e. The predicted molar refractivity (Wildman–Crippen MR) is 83.2 cm³/mol. The SMILES string of the molecule is OCCN1CCN(c2ccc(-c3ccccc3)nn2)CC1. The van der Waals surface area contributed by atoms with Crippen LogP contribution in [0.3, 0.4) is 0 Å². The lowest BCUT2D eigenvalue weighted by atomic mass is 10.1. The summed E-state index contributed by atoms with van der Waals surface area (Å²) in [5.41, 5.74) is 1.99. The summed E-state index contributed by atoms with van der Waals surface area (Å²) in [5, 5.41) is 17.7. The van der Waals surface area contributed by atoms with E-state index in [4.69, 9.17) is 5.11 Å². The van der Waals surface area contributed by atoms with E-state index in [-0.39, 0.29) is 6.61 Å². The molecule has 0 atom stereocenters. The van der Waals surface area contributed by atoms with Gasteiger partial charge in [-0.3, -0.25) is 4.90 Å². The Bertz CT molecular complexity index is 550. The first-order chi connectivity index (χ1) is 10.4. The Kier molecular flexibility index (Phi) is 4.43. The average Bonchev–Trinajstić information content (AvgIpc) is 2.57. The number of rotatable bonds is 4. The van der Waals surface area contributed by atoms with Crippen molar-refractivity contribution in [2.45, 2.75) is 0 Å². The first kappa shape index (κ1) is 14.0. The molecule has 1 aromatic carbocycles. The van der Waals surface area contributed by atoms with Crippen LogP contribution < -0.4 is 4.90 Å². The zero-order valence-electron chi connectivity index (χ0n) is 12.0. The highest BCUT2D eigenvalue weighted by molar-refractivity contribution is 5.59. The lowest BCUT2D eigenvalue weighted by Crippen LogP contribution is -2.47. The van der Waals surface area contributed by atoms with Gasteiger partial charge >= 0.3 is 0 Å². The molecule has 5 nitrogen and oxygen atoms in total. The van der Waals surface area contributed by atoms with Crippen LogP contribution in [0.15, 0.2) is 42.5 Å². The molecular weight excluding hydrogens is 264 g/mol. The highest BCUT2D eigenvalue weighted by Gasteiger charge is 2.17. The normalized spacial score (nSPS) is 16.1. The van der Waals surface area contributed by atoms with Crippen LogP contribution in [0.25, 0.3) is 11.3 Å². The first-order valence-electron chi connectivity index (χ1n) is 7.34. The monoisotopic (exact) mass is 284 g/mol. The minimum absolute atomic E-state index is 0.228. The first-order valence-corrected chi connectivity index (χ1v) is 7.34. The Morgan fingerprint density at radius 2 is 1.67 bits per heavy atom. The van der Waals surface area contributed by atoms with Crippen LogP contribution in [0.2, 0.25) is 0 Å². The molecule has 2 aromatic rings. The summed E-state index contributed by atoms with van der Waals surface area (Å²) in [6.07, 6.45) is 0. The van der Waals surface area contributed by atoms with Gasteiger partial charge in [-0.2, -0.15) is 0 Å². The van der Waals surface area contributed by atoms with E-state index >= 15 is 0 Å². The Hall–Kier alpha value is -1.98. The lowest BCUT2D eigenvalue weighted by Gasteiger charge is -2.34. The number of hydrogen-bond acceptors (Lipinski definition) is 5. The fourth-order valence-corrected chi connectivity index (χ4v) is 2.60. The zero-order chi connectivity index (χ0) is 14.5. The van der Waals surface area contributed by atoms with E-state index in [1.807, 2.05) is 42.5 Å². The second kappa shape index (κ2) is 6.65. The number of aliphatic hydroxyl groups excluding tert-OH is 1. The molecule has 0 amide bonds. The molecule has 110 valence electrons. The molecule has 1 fully saturated rings. The Balaban J connectivity index is 1.65. The minimum atomic E-state index is 0.228. The lowest BCUT2D eigenvalue weighted by molar-refractivity contribution is 0.188. The summed E-state index contributed by atoms with van der Waals surface area (Å²) in [6, 6.07) is 14.2. The van der Waals surface area contributed by atoms with Gasteiger partial charge in [0.05, 0.1) is 12.3 Å². The number of β-amino-alcohol motifs (C(OH)–C–C–N with tert-alkyl or cyclic N) is 1. The van der Waals surface area contributed by atoms with Crippen LogP contribution in [0.5, 0.6) is 0 Å². The molecule has 3 rings (SSSR count).